The number of benzene rings is 2. The number of hydrogen-bond acceptors (Lipinski definition) is 6. The Morgan fingerprint density at radius 3 is 2.45 bits per heavy atom. The molecule has 2 aromatic rings. The molecule has 0 saturated carbocycles. The number of nitrogens with zero attached hydrogens (tertiary/aromatic N) is 1. The van der Waals surface area contributed by atoms with E-state index in [1.807, 2.05) is 12.1 Å². The fraction of sp³-hybridized carbons (Fsp3) is 0.250. The molecule has 1 aliphatic heterocycles. The number of amides is 4. The predicted octanol–water partition coefficient (Wildman–Crippen LogP) is 2.29. The van der Waals surface area contributed by atoms with Crippen LogP contribution in [-0.4, -0.2) is 42.8 Å². The van der Waals surface area contributed by atoms with Crippen molar-refractivity contribution in [2.24, 2.45) is 0 Å². The third-order valence-corrected chi connectivity index (χ3v) is 5.52. The number of ether oxygens (including phenoxy) is 2. The Hall–Kier alpha value is -3.20. The highest BCUT2D eigenvalue weighted by Gasteiger charge is 2.50. The molecule has 1 unspecified atom stereocenters. The van der Waals surface area contributed by atoms with Crippen LogP contribution in [0.4, 0.5) is 4.79 Å². The summed E-state index contributed by atoms with van der Waals surface area (Å²) in [4.78, 5) is 38.4. The second-order valence-electron chi connectivity index (χ2n) is 6.43. The zero-order valence-electron chi connectivity index (χ0n) is 16.2. The fourth-order valence-corrected chi connectivity index (χ4v) is 3.54. The topological polar surface area (TPSA) is 97.0 Å². The summed E-state index contributed by atoms with van der Waals surface area (Å²) in [5.41, 5.74) is 1.63. The molecular weight excluding hydrogens is 394 g/mol. The summed E-state index contributed by atoms with van der Waals surface area (Å²) in [5, 5.41) is 3.35. The summed E-state index contributed by atoms with van der Waals surface area (Å²) in [7, 11) is 3.09. The van der Waals surface area contributed by atoms with Gasteiger partial charge in [-0.3, -0.25) is 15.0 Å². The molecule has 1 aliphatic rings. The summed E-state index contributed by atoms with van der Waals surface area (Å²) >= 11 is 1.28. The molecule has 0 spiro atoms. The van der Waals surface area contributed by atoms with Gasteiger partial charge in [-0.05, 0) is 48.9 Å². The van der Waals surface area contributed by atoms with Gasteiger partial charge in [0.2, 0.25) is 5.91 Å². The molecule has 0 bridgehead atoms. The van der Waals surface area contributed by atoms with E-state index < -0.39 is 23.4 Å². The lowest BCUT2D eigenvalue weighted by Gasteiger charge is -2.22. The molecule has 4 amide bonds. The highest BCUT2D eigenvalue weighted by molar-refractivity contribution is 8.00. The molecule has 8 nitrogen and oxygen atoms in total. The molecule has 0 radical (unpaired) electrons. The summed E-state index contributed by atoms with van der Waals surface area (Å²) in [6, 6.07) is 13.4. The van der Waals surface area contributed by atoms with Crippen molar-refractivity contribution in [1.29, 1.82) is 0 Å². The van der Waals surface area contributed by atoms with E-state index in [1.54, 1.807) is 50.4 Å². The van der Waals surface area contributed by atoms with Gasteiger partial charge in [-0.25, -0.2) is 4.79 Å². The Bertz CT molecular complexity index is 934. The lowest BCUT2D eigenvalue weighted by atomic mass is 9.92. The standard InChI is InChI=1S/C20H21N3O5S/c1-20(13-5-4-6-15(11-13)28-3)18(25)23(19(26)21-20)22-17(24)12-29-16-9-7-14(27-2)8-10-16/h4-11H,12H2,1-3H3,(H,21,26)(H,22,24). The van der Waals surface area contributed by atoms with Crippen LogP contribution in [0.2, 0.25) is 0 Å². The number of carbonyl (C=O) groups is 3. The highest BCUT2D eigenvalue weighted by Crippen LogP contribution is 2.30. The van der Waals surface area contributed by atoms with Crippen LogP contribution in [0.15, 0.2) is 53.4 Å². The fourth-order valence-electron chi connectivity index (χ4n) is 2.85. The van der Waals surface area contributed by atoms with Gasteiger partial charge in [0, 0.05) is 4.90 Å². The smallest absolute Gasteiger partial charge is 0.344 e. The molecule has 0 aliphatic carbocycles. The zero-order chi connectivity index (χ0) is 21.0. The first-order valence-electron chi connectivity index (χ1n) is 8.75. The van der Waals surface area contributed by atoms with E-state index in [4.69, 9.17) is 9.47 Å². The van der Waals surface area contributed by atoms with E-state index >= 15 is 0 Å². The third kappa shape index (κ3) is 4.29. The maximum Gasteiger partial charge on any atom is 0.344 e. The number of hydrazine groups is 1. The predicted molar refractivity (Wildman–Crippen MR) is 108 cm³/mol. The zero-order valence-corrected chi connectivity index (χ0v) is 17.0. The van der Waals surface area contributed by atoms with Gasteiger partial charge in [0.25, 0.3) is 5.91 Å². The van der Waals surface area contributed by atoms with Gasteiger partial charge in [-0.15, -0.1) is 11.8 Å². The van der Waals surface area contributed by atoms with Gasteiger partial charge in [-0.1, -0.05) is 12.1 Å². The van der Waals surface area contributed by atoms with Crippen LogP contribution in [0.25, 0.3) is 0 Å². The molecule has 1 atom stereocenters. The molecule has 152 valence electrons. The molecule has 2 N–H and O–H groups in total. The van der Waals surface area contributed by atoms with Gasteiger partial charge < -0.3 is 14.8 Å². The largest absolute Gasteiger partial charge is 0.497 e. The lowest BCUT2D eigenvalue weighted by Crippen LogP contribution is -2.48. The van der Waals surface area contributed by atoms with Crippen LogP contribution >= 0.6 is 11.8 Å². The molecule has 1 saturated heterocycles. The van der Waals surface area contributed by atoms with Crippen LogP contribution in [0.3, 0.4) is 0 Å². The minimum absolute atomic E-state index is 0.0409. The second kappa shape index (κ2) is 8.44. The molecule has 0 aromatic heterocycles. The van der Waals surface area contributed by atoms with Crippen molar-refractivity contribution in [3.63, 3.8) is 0 Å². The number of thioether (sulfide) groups is 1. The minimum Gasteiger partial charge on any atom is -0.497 e. The third-order valence-electron chi connectivity index (χ3n) is 4.50. The number of hydrogen-bond donors (Lipinski definition) is 2. The molecule has 29 heavy (non-hydrogen) atoms. The van der Waals surface area contributed by atoms with Crippen LogP contribution in [0.1, 0.15) is 12.5 Å². The number of nitrogens with one attached hydrogen (secondary N) is 2. The maximum absolute atomic E-state index is 12.9. The summed E-state index contributed by atoms with van der Waals surface area (Å²) in [5.74, 6) is 0.279. The van der Waals surface area contributed by atoms with Crippen LogP contribution in [-0.2, 0) is 15.1 Å². The van der Waals surface area contributed by atoms with Crippen molar-refractivity contribution in [2.45, 2.75) is 17.4 Å². The molecule has 2 aromatic carbocycles. The highest BCUT2D eigenvalue weighted by atomic mass is 32.2. The van der Waals surface area contributed by atoms with Crippen molar-refractivity contribution in [3.8, 4) is 11.5 Å². The summed E-state index contributed by atoms with van der Waals surface area (Å²) in [6.45, 7) is 1.58. The molecule has 1 fully saturated rings. The molecule has 3 rings (SSSR count). The van der Waals surface area contributed by atoms with E-state index in [2.05, 4.69) is 10.7 Å². The molecule has 9 heteroatoms. The normalized spacial score (nSPS) is 18.4. The van der Waals surface area contributed by atoms with Crippen LogP contribution in [0.5, 0.6) is 11.5 Å². The van der Waals surface area contributed by atoms with Crippen LogP contribution in [0, 0.1) is 0 Å². The average Bonchev–Trinajstić information content (AvgIpc) is 2.96. The van der Waals surface area contributed by atoms with Crippen molar-refractivity contribution in [3.05, 3.63) is 54.1 Å². The number of methoxy groups -OCH3 is 2. The Kier molecular flexibility index (Phi) is 5.97. The van der Waals surface area contributed by atoms with Crippen molar-refractivity contribution in [1.82, 2.24) is 15.8 Å². The monoisotopic (exact) mass is 415 g/mol. The van der Waals surface area contributed by atoms with E-state index in [-0.39, 0.29) is 5.75 Å². The first-order chi connectivity index (χ1) is 13.9. The van der Waals surface area contributed by atoms with E-state index in [0.29, 0.717) is 11.3 Å². The Morgan fingerprint density at radius 2 is 1.79 bits per heavy atom. The Morgan fingerprint density at radius 1 is 1.10 bits per heavy atom. The summed E-state index contributed by atoms with van der Waals surface area (Å²) < 4.78 is 10.3. The minimum atomic E-state index is -1.30. The quantitative estimate of drug-likeness (QED) is 0.532. The molecular formula is C20H21N3O5S. The van der Waals surface area contributed by atoms with E-state index in [9.17, 15) is 14.4 Å². The SMILES string of the molecule is COc1ccc(SCC(=O)NN2C(=O)NC(C)(c3cccc(OC)c3)C2=O)cc1. The van der Waals surface area contributed by atoms with Gasteiger partial charge in [0.1, 0.15) is 17.0 Å². The van der Waals surface area contributed by atoms with Crippen molar-refractivity contribution >= 4 is 29.6 Å². The van der Waals surface area contributed by atoms with Gasteiger partial charge >= 0.3 is 6.03 Å². The Labute approximate surface area is 172 Å². The van der Waals surface area contributed by atoms with Gasteiger partial charge in [0.05, 0.1) is 20.0 Å². The average molecular weight is 415 g/mol. The Balaban J connectivity index is 1.65. The van der Waals surface area contributed by atoms with Gasteiger partial charge in [-0.2, -0.15) is 5.01 Å². The van der Waals surface area contributed by atoms with Crippen molar-refractivity contribution < 1.29 is 23.9 Å². The number of carbonyl (C=O) groups excluding carboxylic acids is 3. The maximum atomic E-state index is 12.9. The lowest BCUT2D eigenvalue weighted by molar-refractivity contribution is -0.138. The van der Waals surface area contributed by atoms with Crippen molar-refractivity contribution in [2.75, 3.05) is 20.0 Å². The molecule has 1 heterocycles. The first-order valence-corrected chi connectivity index (χ1v) is 9.73. The number of imide groups is 1. The van der Waals surface area contributed by atoms with Gasteiger partial charge in [0.15, 0.2) is 0 Å². The van der Waals surface area contributed by atoms with Crippen LogP contribution < -0.4 is 20.2 Å². The second-order valence-corrected chi connectivity index (χ2v) is 7.48. The summed E-state index contributed by atoms with van der Waals surface area (Å²) in [6.07, 6.45) is 0. The first kappa shape index (κ1) is 20.5. The number of rotatable bonds is 7. The number of urea groups is 1. The van der Waals surface area contributed by atoms with E-state index in [1.165, 1.54) is 18.9 Å². The van der Waals surface area contributed by atoms with E-state index in [0.717, 1.165) is 15.7 Å².